The monoisotopic (exact) mass is 205 g/mol. The fourth-order valence-corrected chi connectivity index (χ4v) is 0. The zero-order chi connectivity index (χ0) is 3.58. The summed E-state index contributed by atoms with van der Waals surface area (Å²) >= 11 is -2.61. The molecule has 0 aromatic rings. The molecule has 0 aromatic heterocycles. The maximum atomic E-state index is 8.67. The van der Waals surface area contributed by atoms with Crippen molar-refractivity contribution in [2.24, 2.45) is 0 Å². The van der Waals surface area contributed by atoms with E-state index in [1.165, 1.54) is 0 Å². The molecule has 44 valence electrons. The SMILES string of the molecule is N.O=S(O)O.[Pd]. The van der Waals surface area contributed by atoms with Gasteiger partial charge in [-0.05, 0) is 0 Å². The Balaban J connectivity index is -0.0000000450. The van der Waals surface area contributed by atoms with Gasteiger partial charge in [-0.3, -0.25) is 9.11 Å². The second-order valence-corrected chi connectivity index (χ2v) is 0.692. The van der Waals surface area contributed by atoms with Gasteiger partial charge >= 0.3 is 0 Å². The van der Waals surface area contributed by atoms with Crippen molar-refractivity contribution in [3.63, 3.8) is 0 Å². The molecule has 5 N–H and O–H groups in total. The van der Waals surface area contributed by atoms with Crippen molar-refractivity contribution in [1.29, 1.82) is 0 Å². The van der Waals surface area contributed by atoms with E-state index in [2.05, 4.69) is 0 Å². The van der Waals surface area contributed by atoms with Gasteiger partial charge in [0.2, 0.25) is 0 Å². The van der Waals surface area contributed by atoms with Crippen LogP contribution in [0.15, 0.2) is 0 Å². The first-order chi connectivity index (χ1) is 1.73. The van der Waals surface area contributed by atoms with E-state index >= 15 is 0 Å². The Labute approximate surface area is 51.7 Å². The first-order valence-electron chi connectivity index (χ1n) is 0.532. The summed E-state index contributed by atoms with van der Waals surface area (Å²) in [6.07, 6.45) is 0. The van der Waals surface area contributed by atoms with Crippen molar-refractivity contribution in [2.75, 3.05) is 0 Å². The fraction of sp³-hybridized carbons (Fsp3) is 0. The van der Waals surface area contributed by atoms with Gasteiger partial charge in [0.1, 0.15) is 0 Å². The molecule has 0 saturated carbocycles. The van der Waals surface area contributed by atoms with Gasteiger partial charge in [0, 0.05) is 20.4 Å². The predicted molar refractivity (Wildman–Crippen MR) is 18.4 cm³/mol. The average molecular weight is 206 g/mol. The van der Waals surface area contributed by atoms with Crippen LogP contribution in [0.2, 0.25) is 0 Å². The van der Waals surface area contributed by atoms with Gasteiger partial charge < -0.3 is 6.15 Å². The van der Waals surface area contributed by atoms with Crippen LogP contribution in [0.4, 0.5) is 0 Å². The molecule has 0 radical (unpaired) electrons. The van der Waals surface area contributed by atoms with Crippen LogP contribution in [-0.4, -0.2) is 13.3 Å². The van der Waals surface area contributed by atoms with Gasteiger partial charge in [-0.25, -0.2) is 0 Å². The largest absolute Gasteiger partial charge is 0.344 e. The number of rotatable bonds is 0. The van der Waals surface area contributed by atoms with Crippen molar-refractivity contribution in [3.8, 4) is 0 Å². The summed E-state index contributed by atoms with van der Waals surface area (Å²) in [7, 11) is 0. The summed E-state index contributed by atoms with van der Waals surface area (Å²) in [6.45, 7) is 0. The third-order valence-electron chi connectivity index (χ3n) is 0. The Morgan fingerprint density at radius 1 is 1.33 bits per heavy atom. The molecular weight excluding hydrogens is 200 g/mol. The Kier molecular flexibility index (Phi) is 24.4. The van der Waals surface area contributed by atoms with E-state index in [1.807, 2.05) is 0 Å². The van der Waals surface area contributed by atoms with Crippen LogP contribution in [0.3, 0.4) is 0 Å². The smallest absolute Gasteiger partial charge is 0.299 e. The third kappa shape index (κ3) is 133. The van der Waals surface area contributed by atoms with Crippen molar-refractivity contribution in [3.05, 3.63) is 0 Å². The molecular formula is H5NO3PdS. The predicted octanol–water partition coefficient (Wildman–Crippen LogP) is -0.159. The molecule has 0 fully saturated rings. The van der Waals surface area contributed by atoms with Crippen LogP contribution in [0.1, 0.15) is 0 Å². The summed E-state index contributed by atoms with van der Waals surface area (Å²) in [5, 5.41) is 0. The van der Waals surface area contributed by atoms with Crippen molar-refractivity contribution < 1.29 is 33.7 Å². The Morgan fingerprint density at radius 2 is 1.33 bits per heavy atom. The first kappa shape index (κ1) is 15.9. The molecule has 6 heteroatoms. The molecule has 6 heavy (non-hydrogen) atoms. The van der Waals surface area contributed by atoms with Gasteiger partial charge in [-0.1, -0.05) is 0 Å². The fourth-order valence-electron chi connectivity index (χ4n) is 0. The molecule has 0 aliphatic carbocycles. The van der Waals surface area contributed by atoms with Crippen molar-refractivity contribution in [2.45, 2.75) is 0 Å². The third-order valence-corrected chi connectivity index (χ3v) is 0. The molecule has 0 aliphatic rings. The van der Waals surface area contributed by atoms with Crippen LogP contribution in [0.5, 0.6) is 0 Å². The molecule has 0 aliphatic heterocycles. The van der Waals surface area contributed by atoms with Crippen molar-refractivity contribution >= 4 is 11.4 Å². The van der Waals surface area contributed by atoms with E-state index in [0.29, 0.717) is 0 Å². The number of hydrogen-bond donors (Lipinski definition) is 3. The summed E-state index contributed by atoms with van der Waals surface area (Å²) in [5.41, 5.74) is 0. The molecule has 0 spiro atoms. The minimum Gasteiger partial charge on any atom is -0.344 e. The van der Waals surface area contributed by atoms with E-state index in [9.17, 15) is 0 Å². The van der Waals surface area contributed by atoms with Crippen LogP contribution in [0.25, 0.3) is 0 Å². The normalized spacial score (nSPS) is 5.83. The zero-order valence-electron chi connectivity index (χ0n) is 2.73. The van der Waals surface area contributed by atoms with Crippen LogP contribution >= 0.6 is 0 Å². The maximum Gasteiger partial charge on any atom is 0.299 e. The van der Waals surface area contributed by atoms with E-state index in [1.54, 1.807) is 0 Å². The minimum atomic E-state index is -2.61. The Morgan fingerprint density at radius 3 is 1.33 bits per heavy atom. The number of hydrogen-bond acceptors (Lipinski definition) is 2. The van der Waals surface area contributed by atoms with Gasteiger partial charge in [0.15, 0.2) is 0 Å². The van der Waals surface area contributed by atoms with Crippen molar-refractivity contribution in [1.82, 2.24) is 6.15 Å². The zero-order valence-corrected chi connectivity index (χ0v) is 5.11. The first-order valence-corrected chi connectivity index (χ1v) is 1.60. The molecule has 0 heterocycles. The average Bonchev–Trinajstić information content (AvgIpc) is 0.811. The van der Waals surface area contributed by atoms with Crippen LogP contribution in [0, 0.1) is 0 Å². The maximum absolute atomic E-state index is 8.67. The van der Waals surface area contributed by atoms with Crippen LogP contribution in [-0.2, 0) is 31.8 Å². The molecule has 0 unspecified atom stereocenters. The molecule has 0 atom stereocenters. The minimum absolute atomic E-state index is 0. The van der Waals surface area contributed by atoms with Gasteiger partial charge in [0.25, 0.3) is 11.4 Å². The van der Waals surface area contributed by atoms with E-state index in [-0.39, 0.29) is 26.6 Å². The molecule has 0 amide bonds. The summed E-state index contributed by atoms with van der Waals surface area (Å²) in [5.74, 6) is 0. The Hall–Kier alpha value is 0.692. The summed E-state index contributed by atoms with van der Waals surface area (Å²) < 4.78 is 22.8. The molecule has 0 saturated heterocycles. The quantitative estimate of drug-likeness (QED) is 0.378. The van der Waals surface area contributed by atoms with Crippen LogP contribution < -0.4 is 6.15 Å². The van der Waals surface area contributed by atoms with Gasteiger partial charge in [0.05, 0.1) is 0 Å². The molecule has 0 aromatic carbocycles. The standard InChI is InChI=1S/H3N.H2O3S.Pd/c;1-4(2)3;/h1H3;(H2,1,2,3);. The summed E-state index contributed by atoms with van der Waals surface area (Å²) in [4.78, 5) is 0. The Bertz CT molecular complexity index is 33.8. The molecule has 0 rings (SSSR count). The topological polar surface area (TPSA) is 92.5 Å². The second-order valence-electron chi connectivity index (χ2n) is 0.231. The van der Waals surface area contributed by atoms with Gasteiger partial charge in [-0.15, -0.1) is 0 Å². The van der Waals surface area contributed by atoms with E-state index in [0.717, 1.165) is 0 Å². The molecule has 0 bridgehead atoms. The van der Waals surface area contributed by atoms with E-state index in [4.69, 9.17) is 13.3 Å². The van der Waals surface area contributed by atoms with E-state index < -0.39 is 11.4 Å². The van der Waals surface area contributed by atoms with Gasteiger partial charge in [-0.2, -0.15) is 4.21 Å². The summed E-state index contributed by atoms with van der Waals surface area (Å²) in [6, 6.07) is 0. The second kappa shape index (κ2) is 9.19. The molecule has 4 nitrogen and oxygen atoms in total.